The largest absolute Gasteiger partial charge is 0.376 e. The van der Waals surface area contributed by atoms with Crippen molar-refractivity contribution >= 4 is 5.91 Å². The van der Waals surface area contributed by atoms with Crippen LogP contribution in [0.1, 0.15) is 35.8 Å². The van der Waals surface area contributed by atoms with Crippen LogP contribution in [0, 0.1) is 6.92 Å². The van der Waals surface area contributed by atoms with Crippen LogP contribution in [0.5, 0.6) is 0 Å². The van der Waals surface area contributed by atoms with Crippen molar-refractivity contribution in [3.63, 3.8) is 0 Å². The molecule has 1 amide bonds. The summed E-state index contributed by atoms with van der Waals surface area (Å²) in [4.78, 5) is 16.2. The van der Waals surface area contributed by atoms with Crippen molar-refractivity contribution in [1.29, 1.82) is 0 Å². The Morgan fingerprint density at radius 3 is 3.18 bits per heavy atom. The summed E-state index contributed by atoms with van der Waals surface area (Å²) in [5.41, 5.74) is 1.41. The number of carbonyl (C=O) groups excluding carboxylic acids is 1. The standard InChI is InChI=1S/C13H18N2O2/c1-3-12-11(6-8-17-12)15-13(16)10-5-4-7-14-9(10)2/h4-5,7,11-12H,3,6,8H2,1-2H3,(H,15,16)/t11-,12+/m0/s1. The Hall–Kier alpha value is -1.42. The minimum absolute atomic E-state index is 0.0513. The summed E-state index contributed by atoms with van der Waals surface area (Å²) >= 11 is 0. The number of aromatic nitrogens is 1. The zero-order chi connectivity index (χ0) is 12.3. The molecule has 1 N–H and O–H groups in total. The molecule has 1 fully saturated rings. The molecular weight excluding hydrogens is 216 g/mol. The Balaban J connectivity index is 2.04. The maximum atomic E-state index is 12.1. The van der Waals surface area contributed by atoms with Gasteiger partial charge >= 0.3 is 0 Å². The molecule has 1 aliphatic heterocycles. The van der Waals surface area contributed by atoms with Crippen molar-refractivity contribution in [2.45, 2.75) is 38.8 Å². The molecule has 0 aliphatic carbocycles. The molecule has 2 heterocycles. The first-order valence-corrected chi connectivity index (χ1v) is 6.06. The van der Waals surface area contributed by atoms with Crippen molar-refractivity contribution in [1.82, 2.24) is 10.3 Å². The first-order chi connectivity index (χ1) is 8.22. The van der Waals surface area contributed by atoms with Gasteiger partial charge in [-0.1, -0.05) is 6.92 Å². The number of nitrogens with one attached hydrogen (secondary N) is 1. The van der Waals surface area contributed by atoms with Crippen LogP contribution in [-0.2, 0) is 4.74 Å². The molecule has 0 aromatic carbocycles. The molecule has 1 aliphatic rings. The smallest absolute Gasteiger partial charge is 0.253 e. The van der Waals surface area contributed by atoms with Crippen LogP contribution in [0.3, 0.4) is 0 Å². The Morgan fingerprint density at radius 2 is 2.47 bits per heavy atom. The number of hydrogen-bond acceptors (Lipinski definition) is 3. The average molecular weight is 234 g/mol. The van der Waals surface area contributed by atoms with Gasteiger partial charge in [0.15, 0.2) is 0 Å². The molecule has 92 valence electrons. The van der Waals surface area contributed by atoms with E-state index >= 15 is 0 Å². The van der Waals surface area contributed by atoms with Gasteiger partial charge in [-0.2, -0.15) is 0 Å². The maximum Gasteiger partial charge on any atom is 0.253 e. The van der Waals surface area contributed by atoms with Gasteiger partial charge in [0.2, 0.25) is 0 Å². The third kappa shape index (κ3) is 2.64. The van der Waals surface area contributed by atoms with Gasteiger partial charge in [0, 0.05) is 18.5 Å². The van der Waals surface area contributed by atoms with Crippen LogP contribution < -0.4 is 5.32 Å². The summed E-state index contributed by atoms with van der Waals surface area (Å²) in [6, 6.07) is 3.71. The number of ether oxygens (including phenoxy) is 1. The highest BCUT2D eigenvalue weighted by molar-refractivity contribution is 5.95. The van der Waals surface area contributed by atoms with Crippen LogP contribution in [0.4, 0.5) is 0 Å². The monoisotopic (exact) mass is 234 g/mol. The molecule has 1 saturated heterocycles. The number of rotatable bonds is 3. The predicted molar refractivity (Wildman–Crippen MR) is 64.9 cm³/mol. The lowest BCUT2D eigenvalue weighted by Crippen LogP contribution is -2.40. The van der Waals surface area contributed by atoms with E-state index in [2.05, 4.69) is 17.2 Å². The first kappa shape index (κ1) is 12.0. The van der Waals surface area contributed by atoms with Crippen LogP contribution >= 0.6 is 0 Å². The summed E-state index contributed by atoms with van der Waals surface area (Å²) in [6.07, 6.45) is 3.66. The molecular formula is C13H18N2O2. The number of nitrogens with zero attached hydrogens (tertiary/aromatic N) is 1. The zero-order valence-corrected chi connectivity index (χ0v) is 10.3. The summed E-state index contributed by atoms with van der Waals surface area (Å²) in [5.74, 6) is -0.0513. The topological polar surface area (TPSA) is 51.2 Å². The number of carbonyl (C=O) groups is 1. The van der Waals surface area contributed by atoms with Crippen LogP contribution in [0.15, 0.2) is 18.3 Å². The third-order valence-corrected chi connectivity index (χ3v) is 3.18. The highest BCUT2D eigenvalue weighted by Gasteiger charge is 2.28. The highest BCUT2D eigenvalue weighted by atomic mass is 16.5. The fraction of sp³-hybridized carbons (Fsp3) is 0.538. The van der Waals surface area contributed by atoms with Gasteiger partial charge in [-0.15, -0.1) is 0 Å². The van der Waals surface area contributed by atoms with E-state index in [9.17, 15) is 4.79 Å². The molecule has 4 heteroatoms. The molecule has 0 spiro atoms. The normalized spacial score (nSPS) is 23.6. The Bertz CT molecular complexity index is 406. The minimum atomic E-state index is -0.0513. The Labute approximate surface area is 101 Å². The van der Waals surface area contributed by atoms with Gasteiger partial charge < -0.3 is 10.1 Å². The van der Waals surface area contributed by atoms with Crippen molar-refractivity contribution in [3.8, 4) is 0 Å². The Morgan fingerprint density at radius 1 is 1.65 bits per heavy atom. The van der Waals surface area contributed by atoms with Gasteiger partial charge in [0.05, 0.1) is 17.7 Å². The SMILES string of the molecule is CC[C@H]1OCC[C@@H]1NC(=O)c1cccnc1C. The van der Waals surface area contributed by atoms with Crippen LogP contribution in [-0.4, -0.2) is 29.6 Å². The fourth-order valence-corrected chi connectivity index (χ4v) is 2.19. The van der Waals surface area contributed by atoms with Gasteiger partial charge in [-0.25, -0.2) is 0 Å². The second-order valence-corrected chi connectivity index (χ2v) is 4.32. The van der Waals surface area contributed by atoms with Gasteiger partial charge in [0.25, 0.3) is 5.91 Å². The lowest BCUT2D eigenvalue weighted by molar-refractivity contribution is 0.0808. The summed E-state index contributed by atoms with van der Waals surface area (Å²) in [7, 11) is 0. The molecule has 0 bridgehead atoms. The average Bonchev–Trinajstić information content (AvgIpc) is 2.76. The van der Waals surface area contributed by atoms with E-state index in [1.54, 1.807) is 18.3 Å². The molecule has 0 unspecified atom stereocenters. The molecule has 2 rings (SSSR count). The number of amides is 1. The van der Waals surface area contributed by atoms with Crippen molar-refractivity contribution < 1.29 is 9.53 Å². The van der Waals surface area contributed by atoms with E-state index in [1.165, 1.54) is 0 Å². The van der Waals surface area contributed by atoms with Gasteiger partial charge in [-0.3, -0.25) is 9.78 Å². The molecule has 0 radical (unpaired) electrons. The van der Waals surface area contributed by atoms with Crippen molar-refractivity contribution in [3.05, 3.63) is 29.6 Å². The number of aryl methyl sites for hydroxylation is 1. The molecule has 1 aromatic heterocycles. The lowest BCUT2D eigenvalue weighted by Gasteiger charge is -2.18. The molecule has 2 atom stereocenters. The minimum Gasteiger partial charge on any atom is -0.376 e. The second-order valence-electron chi connectivity index (χ2n) is 4.32. The summed E-state index contributed by atoms with van der Waals surface area (Å²) in [5, 5.41) is 3.03. The Kier molecular flexibility index (Phi) is 3.74. The first-order valence-electron chi connectivity index (χ1n) is 6.06. The summed E-state index contributed by atoms with van der Waals surface area (Å²) < 4.78 is 5.55. The van der Waals surface area contributed by atoms with E-state index in [4.69, 9.17) is 4.74 Å². The van der Waals surface area contributed by atoms with Gasteiger partial charge in [0.1, 0.15) is 0 Å². The van der Waals surface area contributed by atoms with Crippen LogP contribution in [0.2, 0.25) is 0 Å². The summed E-state index contributed by atoms with van der Waals surface area (Å²) in [6.45, 7) is 4.65. The lowest BCUT2D eigenvalue weighted by atomic mass is 10.1. The number of hydrogen-bond donors (Lipinski definition) is 1. The van der Waals surface area contributed by atoms with E-state index < -0.39 is 0 Å². The highest BCUT2D eigenvalue weighted by Crippen LogP contribution is 2.17. The van der Waals surface area contributed by atoms with Crippen molar-refractivity contribution in [2.24, 2.45) is 0 Å². The van der Waals surface area contributed by atoms with E-state index in [-0.39, 0.29) is 18.1 Å². The third-order valence-electron chi connectivity index (χ3n) is 3.18. The molecule has 0 saturated carbocycles. The number of pyridine rings is 1. The fourth-order valence-electron chi connectivity index (χ4n) is 2.19. The van der Waals surface area contributed by atoms with E-state index in [0.29, 0.717) is 5.56 Å². The van der Waals surface area contributed by atoms with Gasteiger partial charge in [-0.05, 0) is 31.9 Å². The quantitative estimate of drug-likeness (QED) is 0.865. The predicted octanol–water partition coefficient (Wildman–Crippen LogP) is 1.69. The molecule has 4 nitrogen and oxygen atoms in total. The van der Waals surface area contributed by atoms with Crippen molar-refractivity contribution in [2.75, 3.05) is 6.61 Å². The van der Waals surface area contributed by atoms with E-state index in [0.717, 1.165) is 25.1 Å². The van der Waals surface area contributed by atoms with Crippen LogP contribution in [0.25, 0.3) is 0 Å². The molecule has 1 aromatic rings. The second kappa shape index (κ2) is 5.27. The molecule has 17 heavy (non-hydrogen) atoms. The van der Waals surface area contributed by atoms with E-state index in [1.807, 2.05) is 6.92 Å². The zero-order valence-electron chi connectivity index (χ0n) is 10.3. The maximum absolute atomic E-state index is 12.1.